The molecule has 7 nitrogen and oxygen atoms in total. The first-order chi connectivity index (χ1) is 14.2. The first-order valence-corrected chi connectivity index (χ1v) is 9.24. The molecule has 7 heteroatoms. The number of urea groups is 1. The van der Waals surface area contributed by atoms with Gasteiger partial charge in [0, 0.05) is 11.8 Å². The SMILES string of the molecule is COc1cccc(OCCNC(=O)Nc2cccc(COCc3ccco3)c2)c1. The lowest BCUT2D eigenvalue weighted by Crippen LogP contribution is -2.32. The van der Waals surface area contributed by atoms with E-state index in [-0.39, 0.29) is 6.03 Å². The molecule has 0 unspecified atom stereocenters. The van der Waals surface area contributed by atoms with Gasteiger partial charge in [-0.25, -0.2) is 4.79 Å². The molecular formula is C22H24N2O5. The van der Waals surface area contributed by atoms with Crippen LogP contribution in [0.4, 0.5) is 10.5 Å². The zero-order valence-electron chi connectivity index (χ0n) is 16.2. The van der Waals surface area contributed by atoms with Crippen LogP contribution in [0.3, 0.4) is 0 Å². The van der Waals surface area contributed by atoms with Gasteiger partial charge in [0.2, 0.25) is 0 Å². The van der Waals surface area contributed by atoms with Gasteiger partial charge in [-0.15, -0.1) is 0 Å². The molecule has 1 heterocycles. The van der Waals surface area contributed by atoms with E-state index in [4.69, 9.17) is 18.6 Å². The van der Waals surface area contributed by atoms with Crippen LogP contribution in [0.1, 0.15) is 11.3 Å². The summed E-state index contributed by atoms with van der Waals surface area (Å²) in [6, 6.07) is 18.2. The minimum Gasteiger partial charge on any atom is -0.497 e. The highest BCUT2D eigenvalue weighted by atomic mass is 16.5. The summed E-state index contributed by atoms with van der Waals surface area (Å²) in [4.78, 5) is 12.1. The minimum absolute atomic E-state index is 0.298. The molecule has 0 atom stereocenters. The smallest absolute Gasteiger partial charge is 0.319 e. The fourth-order valence-corrected chi connectivity index (χ4v) is 2.60. The van der Waals surface area contributed by atoms with Crippen LogP contribution in [0.25, 0.3) is 0 Å². The summed E-state index contributed by atoms with van der Waals surface area (Å²) in [5.41, 5.74) is 1.64. The molecule has 0 radical (unpaired) electrons. The van der Waals surface area contributed by atoms with E-state index in [2.05, 4.69) is 10.6 Å². The molecule has 0 aliphatic carbocycles. The van der Waals surface area contributed by atoms with Gasteiger partial charge < -0.3 is 29.3 Å². The number of carbonyl (C=O) groups is 1. The Hall–Kier alpha value is -3.45. The lowest BCUT2D eigenvalue weighted by Gasteiger charge is -2.10. The zero-order valence-corrected chi connectivity index (χ0v) is 16.2. The third kappa shape index (κ3) is 6.90. The Balaban J connectivity index is 1.37. The van der Waals surface area contributed by atoms with E-state index in [9.17, 15) is 4.79 Å². The number of benzene rings is 2. The van der Waals surface area contributed by atoms with Crippen molar-refractivity contribution in [2.45, 2.75) is 13.2 Å². The Kier molecular flexibility index (Phi) is 7.54. The minimum atomic E-state index is -0.298. The highest BCUT2D eigenvalue weighted by molar-refractivity contribution is 5.89. The molecule has 0 spiro atoms. The van der Waals surface area contributed by atoms with Crippen LogP contribution >= 0.6 is 0 Å². The highest BCUT2D eigenvalue weighted by Gasteiger charge is 2.04. The van der Waals surface area contributed by atoms with Crippen molar-refractivity contribution >= 4 is 11.7 Å². The second-order valence-corrected chi connectivity index (χ2v) is 6.18. The molecular weight excluding hydrogens is 372 g/mol. The largest absolute Gasteiger partial charge is 0.497 e. The topological polar surface area (TPSA) is 82.0 Å². The van der Waals surface area contributed by atoms with Gasteiger partial charge in [-0.2, -0.15) is 0 Å². The Morgan fingerprint density at radius 1 is 1.00 bits per heavy atom. The van der Waals surface area contributed by atoms with Crippen LogP contribution < -0.4 is 20.1 Å². The summed E-state index contributed by atoms with van der Waals surface area (Å²) < 4.78 is 21.6. The first kappa shape index (κ1) is 20.3. The van der Waals surface area contributed by atoms with Crippen LogP contribution in [0.5, 0.6) is 11.5 Å². The van der Waals surface area contributed by atoms with E-state index in [0.29, 0.717) is 37.8 Å². The van der Waals surface area contributed by atoms with E-state index in [1.807, 2.05) is 54.6 Å². The van der Waals surface area contributed by atoms with Gasteiger partial charge in [0.05, 0.1) is 26.5 Å². The molecule has 0 bridgehead atoms. The van der Waals surface area contributed by atoms with Gasteiger partial charge in [-0.1, -0.05) is 18.2 Å². The Bertz CT molecular complexity index is 896. The summed E-state index contributed by atoms with van der Waals surface area (Å²) >= 11 is 0. The molecule has 3 aromatic rings. The third-order valence-electron chi connectivity index (χ3n) is 3.98. The predicted octanol–water partition coefficient (Wildman–Crippen LogP) is 4.21. The van der Waals surface area contributed by atoms with Gasteiger partial charge >= 0.3 is 6.03 Å². The molecule has 0 saturated carbocycles. The van der Waals surface area contributed by atoms with E-state index in [0.717, 1.165) is 17.1 Å². The van der Waals surface area contributed by atoms with Crippen molar-refractivity contribution in [3.05, 3.63) is 78.3 Å². The van der Waals surface area contributed by atoms with Crippen molar-refractivity contribution in [1.29, 1.82) is 0 Å². The molecule has 0 fully saturated rings. The number of nitrogens with one attached hydrogen (secondary N) is 2. The number of rotatable bonds is 10. The summed E-state index contributed by atoms with van der Waals surface area (Å²) in [5, 5.41) is 5.56. The molecule has 1 aromatic heterocycles. The highest BCUT2D eigenvalue weighted by Crippen LogP contribution is 2.18. The molecule has 2 N–H and O–H groups in total. The Morgan fingerprint density at radius 2 is 1.86 bits per heavy atom. The maximum atomic E-state index is 12.1. The van der Waals surface area contributed by atoms with E-state index in [1.54, 1.807) is 19.4 Å². The van der Waals surface area contributed by atoms with E-state index >= 15 is 0 Å². The average molecular weight is 396 g/mol. The van der Waals surface area contributed by atoms with Gasteiger partial charge in [0.25, 0.3) is 0 Å². The van der Waals surface area contributed by atoms with E-state index < -0.39 is 0 Å². The van der Waals surface area contributed by atoms with Gasteiger partial charge in [0.1, 0.15) is 30.5 Å². The zero-order chi connectivity index (χ0) is 20.3. The third-order valence-corrected chi connectivity index (χ3v) is 3.98. The van der Waals surface area contributed by atoms with Crippen LogP contribution in [-0.4, -0.2) is 26.3 Å². The standard InChI is InChI=1S/C22H24N2O5/c1-26-19-7-3-8-20(14-19)29-12-10-23-22(25)24-18-6-2-5-17(13-18)15-27-16-21-9-4-11-28-21/h2-9,11,13-14H,10,12,15-16H2,1H3,(H2,23,24,25). The average Bonchev–Trinajstić information content (AvgIpc) is 3.25. The normalized spacial score (nSPS) is 10.4. The van der Waals surface area contributed by atoms with Crippen molar-refractivity contribution in [2.75, 3.05) is 25.6 Å². The molecule has 2 amide bonds. The molecule has 3 rings (SSSR count). The number of ether oxygens (including phenoxy) is 3. The number of carbonyl (C=O) groups excluding carboxylic acids is 1. The van der Waals surface area contributed by atoms with Gasteiger partial charge in [-0.3, -0.25) is 0 Å². The Labute approximate surface area is 169 Å². The van der Waals surface area contributed by atoms with Gasteiger partial charge in [0.15, 0.2) is 0 Å². The maximum absolute atomic E-state index is 12.1. The van der Waals surface area contributed by atoms with Crippen LogP contribution in [0.2, 0.25) is 0 Å². The molecule has 0 aliphatic heterocycles. The van der Waals surface area contributed by atoms with Crippen molar-refractivity contribution in [2.24, 2.45) is 0 Å². The summed E-state index contributed by atoms with van der Waals surface area (Å²) in [6.45, 7) is 1.54. The van der Waals surface area contributed by atoms with Gasteiger partial charge in [-0.05, 0) is 42.0 Å². The van der Waals surface area contributed by atoms with Crippen molar-refractivity contribution in [3.63, 3.8) is 0 Å². The lowest BCUT2D eigenvalue weighted by atomic mass is 10.2. The van der Waals surface area contributed by atoms with E-state index in [1.165, 1.54) is 0 Å². The van der Waals surface area contributed by atoms with Crippen LogP contribution in [0.15, 0.2) is 71.3 Å². The van der Waals surface area contributed by atoms with Crippen LogP contribution in [0, 0.1) is 0 Å². The maximum Gasteiger partial charge on any atom is 0.319 e. The number of methoxy groups -OCH3 is 1. The van der Waals surface area contributed by atoms with Crippen molar-refractivity contribution in [3.8, 4) is 11.5 Å². The number of hydrogen-bond donors (Lipinski definition) is 2. The Morgan fingerprint density at radius 3 is 2.69 bits per heavy atom. The lowest BCUT2D eigenvalue weighted by molar-refractivity contribution is 0.0930. The fourth-order valence-electron chi connectivity index (χ4n) is 2.60. The molecule has 0 aliphatic rings. The molecule has 152 valence electrons. The predicted molar refractivity (Wildman–Crippen MR) is 109 cm³/mol. The second-order valence-electron chi connectivity index (χ2n) is 6.18. The first-order valence-electron chi connectivity index (χ1n) is 9.24. The molecule has 2 aromatic carbocycles. The molecule has 0 saturated heterocycles. The number of furan rings is 1. The number of hydrogen-bond acceptors (Lipinski definition) is 5. The number of anilines is 1. The molecule has 29 heavy (non-hydrogen) atoms. The number of amides is 2. The van der Waals surface area contributed by atoms with Crippen molar-refractivity contribution < 1.29 is 23.4 Å². The quantitative estimate of drug-likeness (QED) is 0.502. The van der Waals surface area contributed by atoms with Crippen molar-refractivity contribution in [1.82, 2.24) is 5.32 Å². The fraction of sp³-hybridized carbons (Fsp3) is 0.227. The monoisotopic (exact) mass is 396 g/mol. The summed E-state index contributed by atoms with van der Waals surface area (Å²) in [5.74, 6) is 2.19. The summed E-state index contributed by atoms with van der Waals surface area (Å²) in [7, 11) is 1.60. The summed E-state index contributed by atoms with van der Waals surface area (Å²) in [6.07, 6.45) is 1.61. The van der Waals surface area contributed by atoms with Crippen LogP contribution in [-0.2, 0) is 18.0 Å². The second kappa shape index (κ2) is 10.8.